The molecule has 104 valence electrons. The fraction of sp³-hybridized carbons (Fsp3) is 0.846. The molecule has 1 rings (SSSR count). The van der Waals surface area contributed by atoms with Crippen LogP contribution >= 0.6 is 0 Å². The number of nitrogens with zero attached hydrogens (tertiary/aromatic N) is 1. The van der Waals surface area contributed by atoms with Crippen molar-refractivity contribution >= 4 is 11.9 Å². The number of ether oxygens (including phenoxy) is 1. The molecule has 5 nitrogen and oxygen atoms in total. The van der Waals surface area contributed by atoms with Crippen molar-refractivity contribution in [1.29, 1.82) is 0 Å². The molecule has 1 fully saturated rings. The maximum atomic E-state index is 12.1. The molecule has 0 aromatic heterocycles. The molecule has 1 N–H and O–H groups in total. The van der Waals surface area contributed by atoms with Gasteiger partial charge in [0.2, 0.25) is 5.91 Å². The number of methoxy groups -OCH3 is 1. The zero-order valence-electron chi connectivity index (χ0n) is 11.7. The van der Waals surface area contributed by atoms with Gasteiger partial charge in [-0.2, -0.15) is 0 Å². The molecule has 1 unspecified atom stereocenters. The second-order valence-electron chi connectivity index (χ2n) is 5.64. The lowest BCUT2D eigenvalue weighted by Crippen LogP contribution is -2.39. The first-order valence-corrected chi connectivity index (χ1v) is 6.33. The predicted molar refractivity (Wildman–Crippen MR) is 67.3 cm³/mol. The Hall–Kier alpha value is -1.10. The van der Waals surface area contributed by atoms with E-state index in [-0.39, 0.29) is 12.3 Å². The van der Waals surface area contributed by atoms with Crippen molar-refractivity contribution in [3.05, 3.63) is 0 Å². The zero-order chi connectivity index (χ0) is 14.0. The Bertz CT molecular complexity index is 340. The van der Waals surface area contributed by atoms with Gasteiger partial charge < -0.3 is 14.7 Å². The van der Waals surface area contributed by atoms with E-state index in [1.54, 1.807) is 12.0 Å². The Labute approximate surface area is 108 Å². The molecule has 1 aliphatic rings. The van der Waals surface area contributed by atoms with E-state index in [1.165, 1.54) is 0 Å². The first-order valence-electron chi connectivity index (χ1n) is 6.33. The van der Waals surface area contributed by atoms with Crippen molar-refractivity contribution in [1.82, 2.24) is 4.90 Å². The van der Waals surface area contributed by atoms with Gasteiger partial charge in [-0.3, -0.25) is 9.59 Å². The zero-order valence-corrected chi connectivity index (χ0v) is 11.7. The summed E-state index contributed by atoms with van der Waals surface area (Å²) in [5.74, 6) is -0.829. The third-order valence-corrected chi connectivity index (χ3v) is 3.97. The van der Waals surface area contributed by atoms with Crippen LogP contribution in [0.25, 0.3) is 0 Å². The van der Waals surface area contributed by atoms with Gasteiger partial charge >= 0.3 is 5.97 Å². The van der Waals surface area contributed by atoms with Crippen molar-refractivity contribution in [2.24, 2.45) is 5.41 Å². The van der Waals surface area contributed by atoms with Crippen LogP contribution in [0.5, 0.6) is 0 Å². The third-order valence-electron chi connectivity index (χ3n) is 3.97. The second-order valence-corrected chi connectivity index (χ2v) is 5.64. The maximum Gasteiger partial charge on any atom is 0.311 e. The third kappa shape index (κ3) is 3.02. The summed E-state index contributed by atoms with van der Waals surface area (Å²) >= 11 is 0. The highest BCUT2D eigenvalue weighted by molar-refractivity contribution is 5.81. The summed E-state index contributed by atoms with van der Waals surface area (Å²) in [7, 11) is 1.57. The van der Waals surface area contributed by atoms with Crippen LogP contribution in [-0.4, -0.2) is 47.7 Å². The molecule has 0 aromatic carbocycles. The average molecular weight is 257 g/mol. The van der Waals surface area contributed by atoms with Crippen molar-refractivity contribution in [2.75, 3.05) is 20.2 Å². The van der Waals surface area contributed by atoms with Crippen LogP contribution in [0.3, 0.4) is 0 Å². The van der Waals surface area contributed by atoms with Crippen LogP contribution in [-0.2, 0) is 14.3 Å². The Morgan fingerprint density at radius 2 is 2.06 bits per heavy atom. The van der Waals surface area contributed by atoms with Gasteiger partial charge in [0.15, 0.2) is 0 Å². The number of amides is 1. The van der Waals surface area contributed by atoms with Crippen molar-refractivity contribution in [2.45, 2.75) is 45.6 Å². The highest BCUT2D eigenvalue weighted by Gasteiger charge is 2.45. The largest absolute Gasteiger partial charge is 0.481 e. The standard InChI is InChI=1S/C13H23NO4/c1-5-13(11(16)17)6-7-14(9-13)10(15)8-12(2,3)18-4/h5-9H2,1-4H3,(H,16,17). The summed E-state index contributed by atoms with van der Waals surface area (Å²) in [6, 6.07) is 0. The lowest BCUT2D eigenvalue weighted by molar-refractivity contribution is -0.149. The maximum absolute atomic E-state index is 12.1. The Balaban J connectivity index is 2.67. The Morgan fingerprint density at radius 3 is 2.44 bits per heavy atom. The minimum Gasteiger partial charge on any atom is -0.481 e. The van der Waals surface area contributed by atoms with E-state index >= 15 is 0 Å². The molecule has 1 saturated heterocycles. The van der Waals surface area contributed by atoms with Gasteiger partial charge in [0, 0.05) is 20.2 Å². The van der Waals surface area contributed by atoms with E-state index in [1.807, 2.05) is 20.8 Å². The van der Waals surface area contributed by atoms with Crippen LogP contribution in [0.2, 0.25) is 0 Å². The molecule has 18 heavy (non-hydrogen) atoms. The lowest BCUT2D eigenvalue weighted by Gasteiger charge is -2.27. The topological polar surface area (TPSA) is 66.8 Å². The Morgan fingerprint density at radius 1 is 1.44 bits per heavy atom. The number of likely N-dealkylation sites (tertiary alicyclic amines) is 1. The van der Waals surface area contributed by atoms with Gasteiger partial charge in [0.05, 0.1) is 17.4 Å². The summed E-state index contributed by atoms with van der Waals surface area (Å²) in [6.45, 7) is 6.41. The van der Waals surface area contributed by atoms with Gasteiger partial charge in [-0.05, 0) is 26.7 Å². The quantitative estimate of drug-likeness (QED) is 0.810. The minimum absolute atomic E-state index is 0.0292. The number of hydrogen-bond donors (Lipinski definition) is 1. The highest BCUT2D eigenvalue weighted by atomic mass is 16.5. The fourth-order valence-electron chi connectivity index (χ4n) is 2.25. The normalized spacial score (nSPS) is 24.3. The number of aliphatic carboxylic acids is 1. The number of rotatable bonds is 5. The van der Waals surface area contributed by atoms with Crippen LogP contribution < -0.4 is 0 Å². The molecular weight excluding hydrogens is 234 g/mol. The van der Waals surface area contributed by atoms with Crippen LogP contribution in [0.1, 0.15) is 40.0 Å². The molecule has 0 aromatic rings. The highest BCUT2D eigenvalue weighted by Crippen LogP contribution is 2.34. The number of carbonyl (C=O) groups excluding carboxylic acids is 1. The molecule has 0 aliphatic carbocycles. The molecule has 0 radical (unpaired) electrons. The Kier molecular flexibility index (Phi) is 4.37. The second kappa shape index (κ2) is 5.26. The molecule has 1 aliphatic heterocycles. The lowest BCUT2D eigenvalue weighted by atomic mass is 9.84. The minimum atomic E-state index is -0.800. The molecule has 1 heterocycles. The van der Waals surface area contributed by atoms with E-state index in [0.29, 0.717) is 25.9 Å². The number of carboxylic acids is 1. The molecule has 1 amide bonds. The molecule has 0 saturated carbocycles. The summed E-state index contributed by atoms with van der Waals surface area (Å²) in [5.41, 5.74) is -1.26. The van der Waals surface area contributed by atoms with Crippen molar-refractivity contribution in [3.63, 3.8) is 0 Å². The molecular formula is C13H23NO4. The predicted octanol–water partition coefficient (Wildman–Crippen LogP) is 1.51. The first kappa shape index (κ1) is 15.0. The van der Waals surface area contributed by atoms with Gasteiger partial charge in [0.1, 0.15) is 0 Å². The van der Waals surface area contributed by atoms with E-state index in [9.17, 15) is 14.7 Å². The van der Waals surface area contributed by atoms with Crippen molar-refractivity contribution in [3.8, 4) is 0 Å². The SMILES string of the molecule is CCC1(C(=O)O)CCN(C(=O)CC(C)(C)OC)C1. The van der Waals surface area contributed by atoms with E-state index < -0.39 is 17.0 Å². The smallest absolute Gasteiger partial charge is 0.311 e. The average Bonchev–Trinajstić information content (AvgIpc) is 2.74. The van der Waals surface area contributed by atoms with Crippen LogP contribution in [0, 0.1) is 5.41 Å². The van der Waals surface area contributed by atoms with E-state index in [0.717, 1.165) is 0 Å². The van der Waals surface area contributed by atoms with Crippen molar-refractivity contribution < 1.29 is 19.4 Å². The van der Waals surface area contributed by atoms with Gasteiger partial charge in [-0.25, -0.2) is 0 Å². The number of carboxylic acid groups (broad SMARTS) is 1. The van der Waals surface area contributed by atoms with Gasteiger partial charge in [-0.15, -0.1) is 0 Å². The molecule has 0 bridgehead atoms. The van der Waals surface area contributed by atoms with Gasteiger partial charge in [-0.1, -0.05) is 6.92 Å². The molecule has 1 atom stereocenters. The summed E-state index contributed by atoms with van der Waals surface area (Å²) in [4.78, 5) is 25.1. The fourth-order valence-corrected chi connectivity index (χ4v) is 2.25. The molecule has 0 spiro atoms. The monoisotopic (exact) mass is 257 g/mol. The van der Waals surface area contributed by atoms with Gasteiger partial charge in [0.25, 0.3) is 0 Å². The summed E-state index contributed by atoms with van der Waals surface area (Å²) in [5, 5.41) is 9.28. The van der Waals surface area contributed by atoms with Crippen LogP contribution in [0.15, 0.2) is 0 Å². The molecule has 5 heteroatoms. The van der Waals surface area contributed by atoms with Crippen LogP contribution in [0.4, 0.5) is 0 Å². The van der Waals surface area contributed by atoms with E-state index in [4.69, 9.17) is 4.74 Å². The summed E-state index contributed by atoms with van der Waals surface area (Å²) < 4.78 is 5.23. The van der Waals surface area contributed by atoms with E-state index in [2.05, 4.69) is 0 Å². The number of carbonyl (C=O) groups is 2. The number of hydrogen-bond acceptors (Lipinski definition) is 3. The summed E-state index contributed by atoms with van der Waals surface area (Å²) in [6.07, 6.45) is 1.38. The first-order chi connectivity index (χ1) is 8.26.